The SMILES string of the molecule is FC(F)(F)c1ccc([C@]23CNC[C@H]2C3)cc1. The van der Waals surface area contributed by atoms with Crippen LogP contribution in [0, 0.1) is 5.92 Å². The minimum atomic E-state index is -4.23. The summed E-state index contributed by atoms with van der Waals surface area (Å²) in [6.07, 6.45) is -3.11. The number of halogens is 3. The average molecular weight is 227 g/mol. The minimum absolute atomic E-state index is 0.143. The Morgan fingerprint density at radius 3 is 2.31 bits per heavy atom. The Labute approximate surface area is 91.7 Å². The smallest absolute Gasteiger partial charge is 0.316 e. The van der Waals surface area contributed by atoms with Crippen molar-refractivity contribution in [3.63, 3.8) is 0 Å². The van der Waals surface area contributed by atoms with Crippen LogP contribution in [0.1, 0.15) is 17.5 Å². The maximum absolute atomic E-state index is 12.4. The first-order valence-electron chi connectivity index (χ1n) is 5.41. The molecule has 1 nitrogen and oxygen atoms in total. The summed E-state index contributed by atoms with van der Waals surface area (Å²) in [7, 11) is 0. The molecule has 1 aliphatic heterocycles. The first-order chi connectivity index (χ1) is 7.52. The van der Waals surface area contributed by atoms with E-state index in [1.807, 2.05) is 0 Å². The Hall–Kier alpha value is -1.03. The Morgan fingerprint density at radius 1 is 1.19 bits per heavy atom. The van der Waals surface area contributed by atoms with Crippen molar-refractivity contribution < 1.29 is 13.2 Å². The molecular weight excluding hydrogens is 215 g/mol. The molecule has 0 radical (unpaired) electrons. The number of fused-ring (bicyclic) bond motifs is 1. The molecule has 2 atom stereocenters. The van der Waals surface area contributed by atoms with Crippen molar-refractivity contribution in [2.75, 3.05) is 13.1 Å². The fraction of sp³-hybridized carbons (Fsp3) is 0.500. The van der Waals surface area contributed by atoms with Gasteiger partial charge in [0, 0.05) is 12.0 Å². The zero-order chi connectivity index (χ0) is 11.4. The Morgan fingerprint density at radius 2 is 1.88 bits per heavy atom. The molecule has 1 aromatic rings. The number of alkyl halides is 3. The van der Waals surface area contributed by atoms with Crippen LogP contribution in [0.4, 0.5) is 13.2 Å². The van der Waals surface area contributed by atoms with Gasteiger partial charge in [-0.3, -0.25) is 0 Å². The third-order valence-corrected chi connectivity index (χ3v) is 3.85. The largest absolute Gasteiger partial charge is 0.416 e. The molecule has 1 N–H and O–H groups in total. The lowest BCUT2D eigenvalue weighted by Crippen LogP contribution is -2.19. The fourth-order valence-electron chi connectivity index (χ4n) is 2.78. The first kappa shape index (κ1) is 10.1. The Bertz CT molecular complexity index is 409. The van der Waals surface area contributed by atoms with Gasteiger partial charge in [0.1, 0.15) is 0 Å². The second-order valence-electron chi connectivity index (χ2n) is 4.76. The minimum Gasteiger partial charge on any atom is -0.316 e. The van der Waals surface area contributed by atoms with Gasteiger partial charge in [0.2, 0.25) is 0 Å². The third kappa shape index (κ3) is 1.36. The van der Waals surface area contributed by atoms with Crippen molar-refractivity contribution in [2.24, 2.45) is 5.92 Å². The molecule has 1 heterocycles. The van der Waals surface area contributed by atoms with Crippen LogP contribution in [0.2, 0.25) is 0 Å². The van der Waals surface area contributed by atoms with Crippen molar-refractivity contribution in [3.8, 4) is 0 Å². The summed E-state index contributed by atoms with van der Waals surface area (Å²) >= 11 is 0. The summed E-state index contributed by atoms with van der Waals surface area (Å²) in [5.41, 5.74) is 0.635. The van der Waals surface area contributed by atoms with E-state index in [-0.39, 0.29) is 5.41 Å². The molecule has 2 aliphatic rings. The second-order valence-corrected chi connectivity index (χ2v) is 4.76. The van der Waals surface area contributed by atoms with E-state index in [2.05, 4.69) is 5.32 Å². The van der Waals surface area contributed by atoms with E-state index in [0.29, 0.717) is 5.92 Å². The molecule has 1 saturated heterocycles. The number of rotatable bonds is 1. The standard InChI is InChI=1S/C12H12F3N/c13-12(14,15)9-3-1-8(2-4-9)11-5-10(11)6-16-7-11/h1-4,10,16H,5-7H2/t10-,11+/m1/s1. The van der Waals surface area contributed by atoms with Crippen LogP contribution in [0.5, 0.6) is 0 Å². The zero-order valence-corrected chi connectivity index (χ0v) is 8.64. The van der Waals surface area contributed by atoms with E-state index in [0.717, 1.165) is 25.1 Å². The van der Waals surface area contributed by atoms with Crippen LogP contribution < -0.4 is 5.32 Å². The van der Waals surface area contributed by atoms with Crippen molar-refractivity contribution in [3.05, 3.63) is 35.4 Å². The van der Waals surface area contributed by atoms with Gasteiger partial charge in [-0.25, -0.2) is 0 Å². The zero-order valence-electron chi connectivity index (χ0n) is 8.64. The molecule has 4 heteroatoms. The quantitative estimate of drug-likeness (QED) is 0.777. The van der Waals surface area contributed by atoms with Crippen LogP contribution in [0.15, 0.2) is 24.3 Å². The molecule has 1 aliphatic carbocycles. The van der Waals surface area contributed by atoms with Crippen LogP contribution in [-0.4, -0.2) is 13.1 Å². The van der Waals surface area contributed by atoms with Gasteiger partial charge in [-0.2, -0.15) is 13.2 Å². The molecule has 1 aromatic carbocycles. The normalized spacial score (nSPS) is 32.6. The Kier molecular flexibility index (Phi) is 1.90. The van der Waals surface area contributed by atoms with Gasteiger partial charge in [0.25, 0.3) is 0 Å². The molecule has 0 unspecified atom stereocenters. The maximum atomic E-state index is 12.4. The maximum Gasteiger partial charge on any atom is 0.416 e. The molecule has 86 valence electrons. The van der Waals surface area contributed by atoms with Gasteiger partial charge in [-0.15, -0.1) is 0 Å². The summed E-state index contributed by atoms with van der Waals surface area (Å²) in [4.78, 5) is 0. The number of nitrogens with one attached hydrogen (secondary N) is 1. The highest BCUT2D eigenvalue weighted by Gasteiger charge is 2.57. The molecule has 0 bridgehead atoms. The fourth-order valence-corrected chi connectivity index (χ4v) is 2.78. The van der Waals surface area contributed by atoms with E-state index in [4.69, 9.17) is 0 Å². The monoisotopic (exact) mass is 227 g/mol. The van der Waals surface area contributed by atoms with E-state index in [1.165, 1.54) is 12.1 Å². The van der Waals surface area contributed by atoms with E-state index in [9.17, 15) is 13.2 Å². The van der Waals surface area contributed by atoms with Gasteiger partial charge >= 0.3 is 6.18 Å². The molecular formula is C12H12F3N. The third-order valence-electron chi connectivity index (χ3n) is 3.85. The van der Waals surface area contributed by atoms with Gasteiger partial charge < -0.3 is 5.32 Å². The lowest BCUT2D eigenvalue weighted by molar-refractivity contribution is -0.137. The lowest BCUT2D eigenvalue weighted by Gasteiger charge is -2.13. The van der Waals surface area contributed by atoms with Crippen LogP contribution in [-0.2, 0) is 11.6 Å². The summed E-state index contributed by atoms with van der Waals surface area (Å²) in [6, 6.07) is 5.65. The molecule has 1 saturated carbocycles. The highest BCUT2D eigenvalue weighted by molar-refractivity contribution is 5.38. The summed E-state index contributed by atoms with van der Waals surface area (Å²) in [5.74, 6) is 0.629. The summed E-state index contributed by atoms with van der Waals surface area (Å²) in [5, 5.41) is 3.28. The summed E-state index contributed by atoms with van der Waals surface area (Å²) in [6.45, 7) is 1.91. The van der Waals surface area contributed by atoms with Gasteiger partial charge in [0.05, 0.1) is 5.56 Å². The Balaban J connectivity index is 1.89. The number of piperidine rings is 1. The van der Waals surface area contributed by atoms with Crippen molar-refractivity contribution >= 4 is 0 Å². The predicted octanol–water partition coefficient (Wildman–Crippen LogP) is 2.57. The van der Waals surface area contributed by atoms with Gasteiger partial charge in [-0.05, 0) is 36.6 Å². The first-order valence-corrected chi connectivity index (χ1v) is 5.41. The number of benzene rings is 1. The number of hydrogen-bond donors (Lipinski definition) is 1. The molecule has 0 spiro atoms. The van der Waals surface area contributed by atoms with Gasteiger partial charge in [0.15, 0.2) is 0 Å². The van der Waals surface area contributed by atoms with Crippen LogP contribution >= 0.6 is 0 Å². The molecule has 16 heavy (non-hydrogen) atoms. The van der Waals surface area contributed by atoms with Crippen LogP contribution in [0.3, 0.4) is 0 Å². The van der Waals surface area contributed by atoms with E-state index < -0.39 is 11.7 Å². The topological polar surface area (TPSA) is 12.0 Å². The van der Waals surface area contributed by atoms with Crippen molar-refractivity contribution in [1.82, 2.24) is 5.32 Å². The van der Waals surface area contributed by atoms with E-state index >= 15 is 0 Å². The number of hydrogen-bond acceptors (Lipinski definition) is 1. The predicted molar refractivity (Wildman–Crippen MR) is 54.1 cm³/mol. The lowest BCUT2D eigenvalue weighted by atomic mass is 9.94. The van der Waals surface area contributed by atoms with Crippen molar-refractivity contribution in [2.45, 2.75) is 18.0 Å². The van der Waals surface area contributed by atoms with Crippen LogP contribution in [0.25, 0.3) is 0 Å². The molecule has 0 aromatic heterocycles. The van der Waals surface area contributed by atoms with Gasteiger partial charge in [-0.1, -0.05) is 12.1 Å². The van der Waals surface area contributed by atoms with E-state index in [1.54, 1.807) is 12.1 Å². The molecule has 0 amide bonds. The highest BCUT2D eigenvalue weighted by atomic mass is 19.4. The van der Waals surface area contributed by atoms with Crippen molar-refractivity contribution in [1.29, 1.82) is 0 Å². The molecule has 2 fully saturated rings. The molecule has 3 rings (SSSR count). The second kappa shape index (κ2) is 3.00. The highest BCUT2D eigenvalue weighted by Crippen LogP contribution is 2.56. The summed E-state index contributed by atoms with van der Waals surface area (Å²) < 4.78 is 37.2. The average Bonchev–Trinajstić information content (AvgIpc) is 2.81.